The van der Waals surface area contributed by atoms with E-state index in [9.17, 15) is 14.9 Å². The van der Waals surface area contributed by atoms with Gasteiger partial charge in [-0.3, -0.25) is 10.1 Å². The van der Waals surface area contributed by atoms with E-state index >= 15 is 0 Å². The van der Waals surface area contributed by atoms with Crippen LogP contribution in [-0.2, 0) is 0 Å². The molecule has 1 amide bonds. The number of amides is 1. The molecule has 1 heterocycles. The molecule has 0 saturated heterocycles. The van der Waals surface area contributed by atoms with Crippen molar-refractivity contribution in [3.63, 3.8) is 0 Å². The van der Waals surface area contributed by atoms with E-state index in [1.165, 1.54) is 6.07 Å². The van der Waals surface area contributed by atoms with Gasteiger partial charge in [0, 0.05) is 29.5 Å². The van der Waals surface area contributed by atoms with Gasteiger partial charge < -0.3 is 15.0 Å². The molecule has 0 atom stereocenters. The van der Waals surface area contributed by atoms with Crippen molar-refractivity contribution < 1.29 is 14.5 Å². The van der Waals surface area contributed by atoms with Crippen molar-refractivity contribution in [1.29, 1.82) is 0 Å². The molecule has 1 N–H and O–H groups in total. The first-order chi connectivity index (χ1) is 13.0. The largest absolute Gasteiger partial charge is 0.415 e. The summed E-state index contributed by atoms with van der Waals surface area (Å²) in [7, 11) is 0. The summed E-state index contributed by atoms with van der Waals surface area (Å²) in [6, 6.07) is 8.13. The van der Waals surface area contributed by atoms with Gasteiger partial charge in [-0.05, 0) is 52.8 Å². The summed E-state index contributed by atoms with van der Waals surface area (Å²) in [5.41, 5.74) is 0.543. The number of carbonyl (C=O) groups excluding carboxylic acids is 1. The van der Waals surface area contributed by atoms with Crippen molar-refractivity contribution >= 4 is 34.8 Å². The van der Waals surface area contributed by atoms with Crippen molar-refractivity contribution in [3.05, 3.63) is 51.3 Å². The molecule has 28 heavy (non-hydrogen) atoms. The van der Waals surface area contributed by atoms with Crippen molar-refractivity contribution in [2.75, 3.05) is 11.9 Å². The number of aryl methyl sites for hydroxylation is 1. The topological polar surface area (TPSA) is 97.6 Å². The van der Waals surface area contributed by atoms with Gasteiger partial charge in [0.2, 0.25) is 5.15 Å². The SMILES string of the molecule is CCN(C(=O)Oc1cccc(Nc2cc(C)nc(Cl)c2[N+](=O)[O-])c1)C(C)(C)C. The third-order valence-electron chi connectivity index (χ3n) is 3.93. The quantitative estimate of drug-likeness (QED) is 0.410. The highest BCUT2D eigenvalue weighted by Crippen LogP contribution is 2.34. The summed E-state index contributed by atoms with van der Waals surface area (Å²) < 4.78 is 5.47. The van der Waals surface area contributed by atoms with E-state index in [2.05, 4.69) is 10.3 Å². The molecule has 0 unspecified atom stereocenters. The molecule has 0 aliphatic carbocycles. The molecule has 150 valence electrons. The molecule has 1 aromatic carbocycles. The van der Waals surface area contributed by atoms with E-state index in [0.717, 1.165) is 0 Å². The standard InChI is InChI=1S/C19H23ClN4O4/c1-6-23(19(3,4)5)18(25)28-14-9-7-8-13(11-14)22-15-10-12(2)21-17(20)16(15)24(26)27/h7-11H,6H2,1-5H3,(H,21,22). The van der Waals surface area contributed by atoms with Crippen molar-refractivity contribution in [2.45, 2.75) is 40.2 Å². The summed E-state index contributed by atoms with van der Waals surface area (Å²) in [4.78, 5) is 28.7. The minimum atomic E-state index is -0.594. The number of nitrogens with zero attached hydrogens (tertiary/aromatic N) is 3. The zero-order valence-electron chi connectivity index (χ0n) is 16.4. The van der Waals surface area contributed by atoms with Crippen LogP contribution >= 0.6 is 11.6 Å². The molecule has 0 saturated carbocycles. The fourth-order valence-electron chi connectivity index (χ4n) is 2.72. The van der Waals surface area contributed by atoms with Crippen LogP contribution < -0.4 is 10.1 Å². The fraction of sp³-hybridized carbons (Fsp3) is 0.368. The molecular formula is C19H23ClN4O4. The second-order valence-electron chi connectivity index (χ2n) is 7.14. The number of nitro groups is 1. The third kappa shape index (κ3) is 5.10. The maximum absolute atomic E-state index is 12.5. The molecule has 2 aromatic rings. The number of carbonyl (C=O) groups is 1. The molecule has 2 rings (SSSR count). The van der Waals surface area contributed by atoms with Crippen LogP contribution in [0.15, 0.2) is 30.3 Å². The monoisotopic (exact) mass is 406 g/mol. The lowest BCUT2D eigenvalue weighted by Gasteiger charge is -2.33. The summed E-state index contributed by atoms with van der Waals surface area (Å²) in [6.07, 6.45) is -0.471. The summed E-state index contributed by atoms with van der Waals surface area (Å²) in [6.45, 7) is 9.82. The van der Waals surface area contributed by atoms with E-state index in [-0.39, 0.29) is 22.1 Å². The number of rotatable bonds is 5. The second-order valence-corrected chi connectivity index (χ2v) is 7.50. The van der Waals surface area contributed by atoms with Crippen molar-refractivity contribution in [2.24, 2.45) is 0 Å². The van der Waals surface area contributed by atoms with Gasteiger partial charge in [-0.15, -0.1) is 0 Å². The zero-order chi connectivity index (χ0) is 21.1. The Kier molecular flexibility index (Phi) is 6.45. The van der Waals surface area contributed by atoms with E-state index in [4.69, 9.17) is 16.3 Å². The van der Waals surface area contributed by atoms with E-state index < -0.39 is 11.0 Å². The normalized spacial score (nSPS) is 11.1. The van der Waals surface area contributed by atoms with E-state index in [1.54, 1.807) is 36.1 Å². The van der Waals surface area contributed by atoms with Gasteiger partial charge in [-0.25, -0.2) is 9.78 Å². The van der Waals surface area contributed by atoms with Crippen LogP contribution in [0.1, 0.15) is 33.4 Å². The molecule has 0 aliphatic heterocycles. The van der Waals surface area contributed by atoms with Gasteiger partial charge in [-0.1, -0.05) is 17.7 Å². The van der Waals surface area contributed by atoms with Gasteiger partial charge in [0.15, 0.2) is 0 Å². The molecular weight excluding hydrogens is 384 g/mol. The molecule has 0 aliphatic rings. The number of hydrogen-bond acceptors (Lipinski definition) is 6. The first kappa shape index (κ1) is 21.4. The predicted molar refractivity (Wildman–Crippen MR) is 109 cm³/mol. The Bertz CT molecular complexity index is 896. The van der Waals surface area contributed by atoms with E-state index in [1.807, 2.05) is 27.7 Å². The maximum atomic E-state index is 12.5. The van der Waals surface area contributed by atoms with Crippen LogP contribution in [0.2, 0.25) is 5.15 Å². The number of halogens is 1. The Morgan fingerprint density at radius 1 is 1.36 bits per heavy atom. The van der Waals surface area contributed by atoms with Crippen LogP contribution in [0.4, 0.5) is 21.9 Å². The Morgan fingerprint density at radius 3 is 2.61 bits per heavy atom. The second kappa shape index (κ2) is 8.43. The molecule has 0 spiro atoms. The lowest BCUT2D eigenvalue weighted by molar-refractivity contribution is -0.384. The minimum Gasteiger partial charge on any atom is -0.410 e. The van der Waals surface area contributed by atoms with Gasteiger partial charge in [0.05, 0.1) is 4.92 Å². The summed E-state index contributed by atoms with van der Waals surface area (Å²) >= 11 is 5.92. The number of ether oxygens (including phenoxy) is 1. The lowest BCUT2D eigenvalue weighted by atomic mass is 10.1. The molecule has 0 bridgehead atoms. The Balaban J connectivity index is 2.28. The van der Waals surface area contributed by atoms with Crippen molar-refractivity contribution in [3.8, 4) is 5.75 Å². The smallest absolute Gasteiger partial charge is 0.410 e. The first-order valence-electron chi connectivity index (χ1n) is 8.71. The van der Waals surface area contributed by atoms with Crippen LogP contribution in [0.3, 0.4) is 0 Å². The average Bonchev–Trinajstić information content (AvgIpc) is 2.53. The van der Waals surface area contributed by atoms with Crippen LogP contribution in [0.5, 0.6) is 5.75 Å². The highest BCUT2D eigenvalue weighted by molar-refractivity contribution is 6.32. The van der Waals surface area contributed by atoms with Crippen molar-refractivity contribution in [1.82, 2.24) is 9.88 Å². The van der Waals surface area contributed by atoms with Gasteiger partial charge in [-0.2, -0.15) is 0 Å². The van der Waals surface area contributed by atoms with E-state index in [0.29, 0.717) is 23.7 Å². The summed E-state index contributed by atoms with van der Waals surface area (Å²) in [5.74, 6) is 0.317. The first-order valence-corrected chi connectivity index (χ1v) is 9.08. The van der Waals surface area contributed by atoms with Crippen LogP contribution in [-0.4, -0.2) is 33.0 Å². The van der Waals surface area contributed by atoms with Crippen LogP contribution in [0.25, 0.3) is 0 Å². The predicted octanol–water partition coefficient (Wildman–Crippen LogP) is 5.31. The maximum Gasteiger partial charge on any atom is 0.415 e. The molecule has 0 radical (unpaired) electrons. The Hall–Kier alpha value is -2.87. The van der Waals surface area contributed by atoms with Gasteiger partial charge in [0.1, 0.15) is 11.4 Å². The summed E-state index contributed by atoms with van der Waals surface area (Å²) in [5, 5.41) is 14.1. The number of hydrogen-bond donors (Lipinski definition) is 1. The molecule has 8 nitrogen and oxygen atoms in total. The number of pyridine rings is 1. The minimum absolute atomic E-state index is 0.196. The number of aromatic nitrogens is 1. The average molecular weight is 407 g/mol. The molecule has 9 heteroatoms. The highest BCUT2D eigenvalue weighted by Gasteiger charge is 2.26. The lowest BCUT2D eigenvalue weighted by Crippen LogP contribution is -2.46. The fourth-order valence-corrected chi connectivity index (χ4v) is 3.03. The third-order valence-corrected chi connectivity index (χ3v) is 4.19. The zero-order valence-corrected chi connectivity index (χ0v) is 17.2. The number of nitrogens with one attached hydrogen (secondary N) is 1. The Morgan fingerprint density at radius 2 is 2.04 bits per heavy atom. The Labute approximate surface area is 168 Å². The molecule has 0 fully saturated rings. The number of benzene rings is 1. The highest BCUT2D eigenvalue weighted by atomic mass is 35.5. The number of anilines is 2. The van der Waals surface area contributed by atoms with Gasteiger partial charge in [0.25, 0.3) is 0 Å². The van der Waals surface area contributed by atoms with Gasteiger partial charge >= 0.3 is 11.8 Å². The molecule has 1 aromatic heterocycles. The van der Waals surface area contributed by atoms with Crippen LogP contribution in [0, 0.1) is 17.0 Å².